The number of hydrogen-bond acceptors (Lipinski definition) is 2. The molecule has 1 aromatic heterocycles. The summed E-state index contributed by atoms with van der Waals surface area (Å²) in [6.07, 6.45) is 11.1. The van der Waals surface area contributed by atoms with E-state index in [1.165, 1.54) is 25.7 Å². The van der Waals surface area contributed by atoms with E-state index in [4.69, 9.17) is 0 Å². The van der Waals surface area contributed by atoms with Crippen LogP contribution in [0, 0.1) is 5.92 Å². The van der Waals surface area contributed by atoms with Crippen LogP contribution in [0.25, 0.3) is 0 Å². The maximum absolute atomic E-state index is 4.03. The Labute approximate surface area is 91.9 Å². The first-order valence-electron chi connectivity index (χ1n) is 6.09. The minimum Gasteiger partial charge on any atom is -0.337 e. The van der Waals surface area contributed by atoms with Crippen molar-refractivity contribution in [2.24, 2.45) is 5.92 Å². The fourth-order valence-electron chi connectivity index (χ4n) is 2.16. The molecule has 0 radical (unpaired) electrons. The van der Waals surface area contributed by atoms with Crippen molar-refractivity contribution < 1.29 is 0 Å². The van der Waals surface area contributed by atoms with Gasteiger partial charge in [0.15, 0.2) is 0 Å². The van der Waals surface area contributed by atoms with Gasteiger partial charge in [0.05, 0.1) is 6.33 Å². The van der Waals surface area contributed by atoms with Crippen LogP contribution in [-0.2, 0) is 6.54 Å². The van der Waals surface area contributed by atoms with E-state index in [1.807, 2.05) is 18.7 Å². The first-order valence-corrected chi connectivity index (χ1v) is 6.09. The summed E-state index contributed by atoms with van der Waals surface area (Å²) in [6.45, 7) is 4.50. The van der Waals surface area contributed by atoms with E-state index in [0.29, 0.717) is 0 Å². The zero-order valence-corrected chi connectivity index (χ0v) is 9.52. The number of aryl methyl sites for hydroxylation is 1. The minimum atomic E-state index is 0.827. The standard InChI is InChI=1S/C12H21N3/c1-2-4-11-9-12(11)14-5-3-7-15-8-6-13-10-15/h6,8,10-12,14H,2-5,7,9H2,1H3. The molecular weight excluding hydrogens is 186 g/mol. The smallest absolute Gasteiger partial charge is 0.0945 e. The number of rotatable bonds is 7. The third-order valence-corrected chi connectivity index (χ3v) is 3.14. The van der Waals surface area contributed by atoms with Gasteiger partial charge in [-0.3, -0.25) is 0 Å². The first-order chi connectivity index (χ1) is 7.40. The van der Waals surface area contributed by atoms with Gasteiger partial charge in [0.25, 0.3) is 0 Å². The van der Waals surface area contributed by atoms with Crippen LogP contribution in [0.5, 0.6) is 0 Å². The fraction of sp³-hybridized carbons (Fsp3) is 0.750. The second-order valence-electron chi connectivity index (χ2n) is 4.50. The number of nitrogens with zero attached hydrogens (tertiary/aromatic N) is 2. The Morgan fingerprint density at radius 2 is 2.47 bits per heavy atom. The number of imidazole rings is 1. The van der Waals surface area contributed by atoms with Crippen LogP contribution in [0.3, 0.4) is 0 Å². The molecule has 0 saturated heterocycles. The highest BCUT2D eigenvalue weighted by Crippen LogP contribution is 2.34. The molecule has 2 atom stereocenters. The molecule has 0 bridgehead atoms. The lowest BCUT2D eigenvalue weighted by molar-refractivity contribution is 0.551. The second kappa shape index (κ2) is 5.31. The quantitative estimate of drug-likeness (QED) is 0.693. The molecule has 0 aliphatic heterocycles. The molecule has 3 heteroatoms. The highest BCUT2D eigenvalue weighted by Gasteiger charge is 2.34. The molecule has 2 rings (SSSR count). The number of aromatic nitrogens is 2. The van der Waals surface area contributed by atoms with E-state index in [0.717, 1.165) is 25.0 Å². The summed E-state index contributed by atoms with van der Waals surface area (Å²) in [5.41, 5.74) is 0. The fourth-order valence-corrected chi connectivity index (χ4v) is 2.16. The van der Waals surface area contributed by atoms with Crippen LogP contribution in [0.1, 0.15) is 32.6 Å². The van der Waals surface area contributed by atoms with Gasteiger partial charge in [0.1, 0.15) is 0 Å². The van der Waals surface area contributed by atoms with Crippen molar-refractivity contribution in [1.29, 1.82) is 0 Å². The van der Waals surface area contributed by atoms with Crippen LogP contribution in [0.2, 0.25) is 0 Å². The maximum Gasteiger partial charge on any atom is 0.0945 e. The molecule has 0 spiro atoms. The van der Waals surface area contributed by atoms with Gasteiger partial charge in [0.2, 0.25) is 0 Å². The van der Waals surface area contributed by atoms with Crippen molar-refractivity contribution in [3.63, 3.8) is 0 Å². The molecule has 1 aliphatic carbocycles. The van der Waals surface area contributed by atoms with Crippen LogP contribution in [-0.4, -0.2) is 22.1 Å². The summed E-state index contributed by atoms with van der Waals surface area (Å²) in [5.74, 6) is 0.975. The Morgan fingerprint density at radius 1 is 1.53 bits per heavy atom. The molecule has 3 nitrogen and oxygen atoms in total. The molecular formula is C12H21N3. The third kappa shape index (κ3) is 3.34. The van der Waals surface area contributed by atoms with Crippen LogP contribution >= 0.6 is 0 Å². The van der Waals surface area contributed by atoms with E-state index in [2.05, 4.69) is 21.8 Å². The van der Waals surface area contributed by atoms with Gasteiger partial charge in [-0.05, 0) is 31.7 Å². The van der Waals surface area contributed by atoms with Gasteiger partial charge in [-0.1, -0.05) is 13.3 Å². The highest BCUT2D eigenvalue weighted by atomic mass is 15.0. The van der Waals surface area contributed by atoms with Crippen LogP contribution < -0.4 is 5.32 Å². The predicted molar refractivity (Wildman–Crippen MR) is 61.6 cm³/mol. The summed E-state index contributed by atoms with van der Waals surface area (Å²) < 4.78 is 2.14. The van der Waals surface area contributed by atoms with Gasteiger partial charge >= 0.3 is 0 Å². The Bertz CT molecular complexity index is 268. The van der Waals surface area contributed by atoms with Gasteiger partial charge in [0, 0.05) is 25.0 Å². The molecule has 1 aliphatic rings. The second-order valence-corrected chi connectivity index (χ2v) is 4.50. The summed E-state index contributed by atoms with van der Waals surface area (Å²) in [4.78, 5) is 4.03. The Balaban J connectivity index is 1.50. The maximum atomic E-state index is 4.03. The van der Waals surface area contributed by atoms with Crippen LogP contribution in [0.15, 0.2) is 18.7 Å². The molecule has 2 unspecified atom stereocenters. The molecule has 1 N–H and O–H groups in total. The lowest BCUT2D eigenvalue weighted by Gasteiger charge is -2.04. The average molecular weight is 207 g/mol. The molecule has 84 valence electrons. The van der Waals surface area contributed by atoms with Gasteiger partial charge < -0.3 is 9.88 Å². The van der Waals surface area contributed by atoms with Crippen molar-refractivity contribution in [1.82, 2.24) is 14.9 Å². The Morgan fingerprint density at radius 3 is 3.20 bits per heavy atom. The monoisotopic (exact) mass is 207 g/mol. The molecule has 0 amide bonds. The Hall–Kier alpha value is -0.830. The topological polar surface area (TPSA) is 29.9 Å². The number of nitrogens with one attached hydrogen (secondary N) is 1. The molecule has 0 aromatic carbocycles. The van der Waals surface area contributed by atoms with E-state index >= 15 is 0 Å². The van der Waals surface area contributed by atoms with Crippen molar-refractivity contribution in [3.8, 4) is 0 Å². The highest BCUT2D eigenvalue weighted by molar-refractivity contribution is 4.92. The predicted octanol–water partition coefficient (Wildman–Crippen LogP) is 2.05. The molecule has 1 saturated carbocycles. The lowest BCUT2D eigenvalue weighted by Crippen LogP contribution is -2.20. The zero-order chi connectivity index (χ0) is 10.5. The summed E-state index contributed by atoms with van der Waals surface area (Å²) in [6, 6.07) is 0.827. The normalized spacial score (nSPS) is 24.3. The first kappa shape index (κ1) is 10.7. The largest absolute Gasteiger partial charge is 0.337 e. The minimum absolute atomic E-state index is 0.827. The molecule has 1 aromatic rings. The van der Waals surface area contributed by atoms with Gasteiger partial charge in [-0.25, -0.2) is 4.98 Å². The summed E-state index contributed by atoms with van der Waals surface area (Å²) in [5, 5.41) is 3.62. The van der Waals surface area contributed by atoms with Gasteiger partial charge in [-0.2, -0.15) is 0 Å². The van der Waals surface area contributed by atoms with Crippen molar-refractivity contribution >= 4 is 0 Å². The van der Waals surface area contributed by atoms with Crippen LogP contribution in [0.4, 0.5) is 0 Å². The zero-order valence-electron chi connectivity index (χ0n) is 9.52. The van der Waals surface area contributed by atoms with Crippen molar-refractivity contribution in [2.75, 3.05) is 6.54 Å². The lowest BCUT2D eigenvalue weighted by atomic mass is 10.2. The summed E-state index contributed by atoms with van der Waals surface area (Å²) in [7, 11) is 0. The van der Waals surface area contributed by atoms with E-state index in [9.17, 15) is 0 Å². The number of hydrogen-bond donors (Lipinski definition) is 1. The van der Waals surface area contributed by atoms with E-state index < -0.39 is 0 Å². The molecule has 1 fully saturated rings. The van der Waals surface area contributed by atoms with E-state index in [-0.39, 0.29) is 0 Å². The SMILES string of the molecule is CCCC1CC1NCCCn1ccnc1. The Kier molecular flexibility index (Phi) is 3.78. The average Bonchev–Trinajstić information content (AvgIpc) is 2.79. The van der Waals surface area contributed by atoms with Crippen molar-refractivity contribution in [2.45, 2.75) is 45.2 Å². The molecule has 15 heavy (non-hydrogen) atoms. The third-order valence-electron chi connectivity index (χ3n) is 3.14. The van der Waals surface area contributed by atoms with E-state index in [1.54, 1.807) is 0 Å². The van der Waals surface area contributed by atoms with Crippen molar-refractivity contribution in [3.05, 3.63) is 18.7 Å². The molecule has 1 heterocycles. The van der Waals surface area contributed by atoms with Gasteiger partial charge in [-0.15, -0.1) is 0 Å². The summed E-state index contributed by atoms with van der Waals surface area (Å²) >= 11 is 0.